The summed E-state index contributed by atoms with van der Waals surface area (Å²) >= 11 is 0. The molecule has 0 rings (SSSR count). The molecular weight excluding hydrogens is 96.1 g/mol. The van der Waals surface area contributed by atoms with E-state index in [2.05, 4.69) is 34.6 Å². The first-order valence-corrected chi connectivity index (χ1v) is 3.36. The first kappa shape index (κ1) is 7.87. The van der Waals surface area contributed by atoms with E-state index in [1.165, 1.54) is 6.42 Å². The molecule has 0 aromatic carbocycles. The molecule has 0 aromatic rings. The standard InChI is InChI=1S/C8H17/c1-6-8(4,5)7(2)3/h7H,4,6H2,1-3,5H3/q+1. The Labute approximate surface area is 53.3 Å². The van der Waals surface area contributed by atoms with Gasteiger partial charge < -0.3 is 0 Å². The Morgan fingerprint density at radius 2 is 1.88 bits per heavy atom. The van der Waals surface area contributed by atoms with E-state index >= 15 is 0 Å². The predicted molar refractivity (Wildman–Crippen MR) is 38.6 cm³/mol. The van der Waals surface area contributed by atoms with Gasteiger partial charge in [0.25, 0.3) is 0 Å². The van der Waals surface area contributed by atoms with Crippen LogP contribution in [0.25, 0.3) is 0 Å². The Morgan fingerprint density at radius 1 is 1.50 bits per heavy atom. The van der Waals surface area contributed by atoms with Crippen LogP contribution < -0.4 is 0 Å². The summed E-state index contributed by atoms with van der Waals surface area (Å²) < 4.78 is 0. The Bertz CT molecular complexity index is 60.4. The molecule has 1 unspecified atom stereocenters. The minimum atomic E-state index is 0.292. The van der Waals surface area contributed by atoms with E-state index in [1.54, 1.807) is 0 Å². The molecule has 8 heavy (non-hydrogen) atoms. The molecule has 0 aliphatic heterocycles. The Hall–Kier alpha value is -0.130. The van der Waals surface area contributed by atoms with Gasteiger partial charge in [0.2, 0.25) is 0 Å². The molecule has 48 valence electrons. The zero-order chi connectivity index (χ0) is 6.78. The minimum absolute atomic E-state index is 0.292. The van der Waals surface area contributed by atoms with Gasteiger partial charge in [0.15, 0.2) is 0 Å². The summed E-state index contributed by atoms with van der Waals surface area (Å²) in [6.45, 7) is 12.9. The minimum Gasteiger partial charge on any atom is -0.0608 e. The summed E-state index contributed by atoms with van der Waals surface area (Å²) in [6, 6.07) is 0. The maximum absolute atomic E-state index is 4.09. The fourth-order valence-electron chi connectivity index (χ4n) is 0.408. The van der Waals surface area contributed by atoms with Crippen molar-refractivity contribution in [3.63, 3.8) is 0 Å². The van der Waals surface area contributed by atoms with Crippen molar-refractivity contribution in [3.05, 3.63) is 6.92 Å². The van der Waals surface area contributed by atoms with Gasteiger partial charge in [0, 0.05) is 0 Å². The van der Waals surface area contributed by atoms with Crippen molar-refractivity contribution >= 4 is 0 Å². The molecule has 0 saturated heterocycles. The Balaban J connectivity index is 3.71. The largest absolute Gasteiger partial charge is 0.105 e. The third-order valence-corrected chi connectivity index (χ3v) is 2.20. The summed E-state index contributed by atoms with van der Waals surface area (Å²) in [5.74, 6) is 0.701. The van der Waals surface area contributed by atoms with Crippen molar-refractivity contribution in [1.82, 2.24) is 0 Å². The van der Waals surface area contributed by atoms with E-state index < -0.39 is 0 Å². The van der Waals surface area contributed by atoms with Gasteiger partial charge in [-0.15, -0.1) is 0 Å². The summed E-state index contributed by atoms with van der Waals surface area (Å²) in [4.78, 5) is 0. The zero-order valence-electron chi connectivity index (χ0n) is 6.49. The van der Waals surface area contributed by atoms with Crippen LogP contribution in [0.1, 0.15) is 34.1 Å². The number of rotatable bonds is 2. The highest BCUT2D eigenvalue weighted by atomic mass is 14.2. The quantitative estimate of drug-likeness (QED) is 0.483. The van der Waals surface area contributed by atoms with Gasteiger partial charge in [0.05, 0.1) is 6.92 Å². The fourth-order valence-corrected chi connectivity index (χ4v) is 0.408. The average Bonchev–Trinajstić information content (AvgIpc) is 1.67. The highest BCUT2D eigenvalue weighted by molar-refractivity contribution is 4.77. The average molecular weight is 113 g/mol. The summed E-state index contributed by atoms with van der Waals surface area (Å²) in [5, 5.41) is 0. The molecule has 0 heteroatoms. The maximum Gasteiger partial charge on any atom is 0.105 e. The molecule has 0 fully saturated rings. The van der Waals surface area contributed by atoms with Crippen LogP contribution in [0, 0.1) is 18.3 Å². The highest BCUT2D eigenvalue weighted by Gasteiger charge is 2.26. The highest BCUT2D eigenvalue weighted by Crippen LogP contribution is 2.28. The van der Waals surface area contributed by atoms with Crippen molar-refractivity contribution in [2.75, 3.05) is 0 Å². The molecular formula is C8H17+. The summed E-state index contributed by atoms with van der Waals surface area (Å²) in [5.41, 5.74) is 0.292. The van der Waals surface area contributed by atoms with Crippen molar-refractivity contribution in [2.45, 2.75) is 34.1 Å². The van der Waals surface area contributed by atoms with Crippen LogP contribution in [0.5, 0.6) is 0 Å². The van der Waals surface area contributed by atoms with Crippen LogP contribution in [0.4, 0.5) is 0 Å². The van der Waals surface area contributed by atoms with Crippen LogP contribution >= 0.6 is 0 Å². The molecule has 0 amide bonds. The van der Waals surface area contributed by atoms with Crippen LogP contribution in [0.15, 0.2) is 0 Å². The van der Waals surface area contributed by atoms with Gasteiger partial charge in [0.1, 0.15) is 5.41 Å². The normalized spacial score (nSPS) is 18.6. The second-order valence-electron chi connectivity index (χ2n) is 3.16. The van der Waals surface area contributed by atoms with E-state index in [0.717, 1.165) is 0 Å². The SMILES string of the molecule is [CH2+]C(C)(CC)C(C)C. The van der Waals surface area contributed by atoms with Crippen LogP contribution in [0.3, 0.4) is 0 Å². The lowest BCUT2D eigenvalue weighted by Crippen LogP contribution is -2.17. The van der Waals surface area contributed by atoms with Crippen LogP contribution in [-0.2, 0) is 0 Å². The van der Waals surface area contributed by atoms with Crippen LogP contribution in [0.2, 0.25) is 0 Å². The van der Waals surface area contributed by atoms with Crippen molar-refractivity contribution < 1.29 is 0 Å². The molecule has 0 spiro atoms. The lowest BCUT2D eigenvalue weighted by molar-refractivity contribution is 0.283. The van der Waals surface area contributed by atoms with E-state index in [4.69, 9.17) is 0 Å². The molecule has 0 radical (unpaired) electrons. The molecule has 0 heterocycles. The van der Waals surface area contributed by atoms with E-state index in [-0.39, 0.29) is 0 Å². The van der Waals surface area contributed by atoms with Crippen LogP contribution in [-0.4, -0.2) is 0 Å². The molecule has 1 atom stereocenters. The van der Waals surface area contributed by atoms with Gasteiger partial charge in [-0.1, -0.05) is 20.8 Å². The molecule has 0 nitrogen and oxygen atoms in total. The predicted octanol–water partition coefficient (Wildman–Crippen LogP) is 2.89. The smallest absolute Gasteiger partial charge is 0.0608 e. The van der Waals surface area contributed by atoms with Crippen molar-refractivity contribution in [3.8, 4) is 0 Å². The van der Waals surface area contributed by atoms with Crippen molar-refractivity contribution in [1.29, 1.82) is 0 Å². The lowest BCUT2D eigenvalue weighted by Gasteiger charge is -2.19. The Morgan fingerprint density at radius 3 is 1.88 bits per heavy atom. The molecule has 0 aliphatic carbocycles. The first-order valence-electron chi connectivity index (χ1n) is 3.36. The van der Waals surface area contributed by atoms with E-state index in [9.17, 15) is 0 Å². The third kappa shape index (κ3) is 1.77. The lowest BCUT2D eigenvalue weighted by atomic mass is 9.79. The fraction of sp³-hybridized carbons (Fsp3) is 0.875. The van der Waals surface area contributed by atoms with E-state index in [0.29, 0.717) is 11.3 Å². The second kappa shape index (κ2) is 2.43. The molecule has 0 saturated carbocycles. The van der Waals surface area contributed by atoms with Gasteiger partial charge in [-0.2, -0.15) is 0 Å². The van der Waals surface area contributed by atoms with Gasteiger partial charge in [-0.25, -0.2) is 0 Å². The second-order valence-corrected chi connectivity index (χ2v) is 3.16. The van der Waals surface area contributed by atoms with E-state index in [1.807, 2.05) is 0 Å². The topological polar surface area (TPSA) is 0 Å². The molecule has 0 aromatic heterocycles. The summed E-state index contributed by atoms with van der Waals surface area (Å²) in [7, 11) is 0. The Kier molecular flexibility index (Phi) is 2.39. The van der Waals surface area contributed by atoms with Gasteiger partial charge in [-0.3, -0.25) is 0 Å². The summed E-state index contributed by atoms with van der Waals surface area (Å²) in [6.07, 6.45) is 1.17. The maximum atomic E-state index is 4.09. The monoisotopic (exact) mass is 113 g/mol. The third-order valence-electron chi connectivity index (χ3n) is 2.20. The molecule has 0 bridgehead atoms. The number of hydrogen-bond acceptors (Lipinski definition) is 0. The first-order chi connectivity index (χ1) is 3.50. The zero-order valence-corrected chi connectivity index (χ0v) is 6.49. The molecule has 0 N–H and O–H groups in total. The van der Waals surface area contributed by atoms with Crippen molar-refractivity contribution in [2.24, 2.45) is 11.3 Å². The number of hydrogen-bond donors (Lipinski definition) is 0. The van der Waals surface area contributed by atoms with Gasteiger partial charge >= 0.3 is 0 Å². The molecule has 0 aliphatic rings. The van der Waals surface area contributed by atoms with Gasteiger partial charge in [-0.05, 0) is 19.3 Å².